The Morgan fingerprint density at radius 1 is 1.19 bits per heavy atom. The van der Waals surface area contributed by atoms with Gasteiger partial charge in [-0.3, -0.25) is 0 Å². The average molecular weight is 289 g/mol. The van der Waals surface area contributed by atoms with E-state index in [1.807, 2.05) is 12.1 Å². The predicted molar refractivity (Wildman–Crippen MR) is 77.3 cm³/mol. The molecule has 0 spiro atoms. The Labute approximate surface area is 123 Å². The molecule has 0 radical (unpaired) electrons. The van der Waals surface area contributed by atoms with Crippen molar-refractivity contribution < 1.29 is 14.0 Å². The molecule has 0 saturated carbocycles. The number of rotatable bonds is 3. The summed E-state index contributed by atoms with van der Waals surface area (Å²) in [4.78, 5) is 4.32. The number of fused-ring (bicyclic) bond motifs is 1. The van der Waals surface area contributed by atoms with Crippen LogP contribution in [0.4, 0.5) is 0 Å². The van der Waals surface area contributed by atoms with Crippen LogP contribution in [0.15, 0.2) is 16.7 Å². The van der Waals surface area contributed by atoms with E-state index in [0.717, 1.165) is 29.0 Å². The molecule has 1 aromatic carbocycles. The first-order valence-corrected chi connectivity index (χ1v) is 7.15. The average Bonchev–Trinajstić information content (AvgIpc) is 2.84. The summed E-state index contributed by atoms with van der Waals surface area (Å²) in [7, 11) is 0. The highest BCUT2D eigenvalue weighted by Crippen LogP contribution is 2.39. The minimum atomic E-state index is 0.231. The summed E-state index contributed by atoms with van der Waals surface area (Å²) < 4.78 is 16.6. The predicted octanol–water partition coefficient (Wildman–Crippen LogP) is 2.48. The second-order valence-corrected chi connectivity index (χ2v) is 5.31. The summed E-state index contributed by atoms with van der Waals surface area (Å²) in [5.74, 6) is 2.77. The zero-order valence-electron chi connectivity index (χ0n) is 12.3. The smallest absolute Gasteiger partial charge is 0.240 e. The first kappa shape index (κ1) is 13.9. The molecule has 2 heterocycles. The topological polar surface area (TPSA) is 83.4 Å². The van der Waals surface area contributed by atoms with Crippen molar-refractivity contribution in [1.29, 1.82) is 0 Å². The molecule has 0 unspecified atom stereocenters. The van der Waals surface area contributed by atoms with Gasteiger partial charge in [0, 0.05) is 12.0 Å². The summed E-state index contributed by atoms with van der Waals surface area (Å²) in [6.07, 6.45) is 0.876. The molecule has 1 aliphatic rings. The molecule has 1 aromatic heterocycles. The van der Waals surface area contributed by atoms with Gasteiger partial charge in [0.05, 0.1) is 19.8 Å². The van der Waals surface area contributed by atoms with Crippen LogP contribution in [-0.2, 0) is 6.54 Å². The van der Waals surface area contributed by atoms with Crippen LogP contribution in [0.25, 0.3) is 11.4 Å². The third kappa shape index (κ3) is 2.71. The molecule has 6 nitrogen and oxygen atoms in total. The zero-order chi connectivity index (χ0) is 14.8. The Morgan fingerprint density at radius 3 is 2.52 bits per heavy atom. The van der Waals surface area contributed by atoms with E-state index >= 15 is 0 Å². The van der Waals surface area contributed by atoms with Crippen LogP contribution in [0.1, 0.15) is 37.6 Å². The normalized spacial score (nSPS) is 14.3. The van der Waals surface area contributed by atoms with E-state index in [0.29, 0.717) is 30.8 Å². The molecule has 2 aromatic rings. The minimum Gasteiger partial charge on any atom is -0.490 e. The number of aromatic nitrogens is 2. The molecule has 0 bridgehead atoms. The lowest BCUT2D eigenvalue weighted by Crippen LogP contribution is -1.99. The Morgan fingerprint density at radius 2 is 1.90 bits per heavy atom. The van der Waals surface area contributed by atoms with Crippen molar-refractivity contribution in [3.63, 3.8) is 0 Å². The molecule has 0 fully saturated rings. The van der Waals surface area contributed by atoms with Crippen LogP contribution in [-0.4, -0.2) is 23.4 Å². The first-order valence-electron chi connectivity index (χ1n) is 7.15. The number of nitrogens with two attached hydrogens (primary N) is 1. The lowest BCUT2D eigenvalue weighted by molar-refractivity contribution is 0.297. The summed E-state index contributed by atoms with van der Waals surface area (Å²) in [5.41, 5.74) is 7.53. The number of nitrogens with zero attached hydrogens (tertiary/aromatic N) is 2. The Hall–Kier alpha value is -2.08. The van der Waals surface area contributed by atoms with Gasteiger partial charge in [-0.2, -0.15) is 4.98 Å². The van der Waals surface area contributed by atoms with E-state index in [2.05, 4.69) is 24.0 Å². The standard InChI is InChI=1S/C15H19N3O3/c1-9(2)10-6-12-13(20-5-3-4-19-12)7-11(10)15-17-14(8-16)21-18-15/h6-7,9H,3-5,8,16H2,1-2H3. The van der Waals surface area contributed by atoms with E-state index in [9.17, 15) is 0 Å². The van der Waals surface area contributed by atoms with Crippen molar-refractivity contribution in [3.8, 4) is 22.9 Å². The molecule has 112 valence electrons. The van der Waals surface area contributed by atoms with Crippen LogP contribution < -0.4 is 15.2 Å². The van der Waals surface area contributed by atoms with Crippen molar-refractivity contribution in [2.24, 2.45) is 5.73 Å². The van der Waals surface area contributed by atoms with Crippen LogP contribution >= 0.6 is 0 Å². The summed E-state index contributed by atoms with van der Waals surface area (Å²) in [6, 6.07) is 3.94. The molecule has 0 aliphatic carbocycles. The third-order valence-electron chi connectivity index (χ3n) is 3.43. The molecule has 1 aliphatic heterocycles. The van der Waals surface area contributed by atoms with Gasteiger partial charge >= 0.3 is 0 Å². The van der Waals surface area contributed by atoms with Crippen LogP contribution in [0.2, 0.25) is 0 Å². The number of ether oxygens (including phenoxy) is 2. The van der Waals surface area contributed by atoms with E-state index in [4.69, 9.17) is 19.7 Å². The van der Waals surface area contributed by atoms with Gasteiger partial charge in [-0.1, -0.05) is 19.0 Å². The number of hydrogen-bond donors (Lipinski definition) is 1. The van der Waals surface area contributed by atoms with Gasteiger partial charge in [-0.05, 0) is 23.6 Å². The van der Waals surface area contributed by atoms with E-state index in [1.165, 1.54) is 0 Å². The Bertz CT molecular complexity index is 637. The maximum Gasteiger partial charge on any atom is 0.240 e. The fraction of sp³-hybridized carbons (Fsp3) is 0.467. The van der Waals surface area contributed by atoms with Gasteiger partial charge < -0.3 is 19.7 Å². The molecule has 2 N–H and O–H groups in total. The fourth-order valence-electron chi connectivity index (χ4n) is 2.34. The zero-order valence-corrected chi connectivity index (χ0v) is 12.3. The Balaban J connectivity index is 2.11. The molecule has 0 atom stereocenters. The van der Waals surface area contributed by atoms with Gasteiger partial charge in [-0.15, -0.1) is 0 Å². The third-order valence-corrected chi connectivity index (χ3v) is 3.43. The number of hydrogen-bond acceptors (Lipinski definition) is 6. The van der Waals surface area contributed by atoms with Crippen LogP contribution in [0, 0.1) is 0 Å². The SMILES string of the molecule is CC(C)c1cc2c(cc1-c1noc(CN)n1)OCCCO2. The van der Waals surface area contributed by atoms with Crippen molar-refractivity contribution in [3.05, 3.63) is 23.6 Å². The summed E-state index contributed by atoms with van der Waals surface area (Å²) >= 11 is 0. The molecule has 0 amide bonds. The quantitative estimate of drug-likeness (QED) is 0.934. The first-order chi connectivity index (χ1) is 10.2. The van der Waals surface area contributed by atoms with E-state index < -0.39 is 0 Å². The van der Waals surface area contributed by atoms with Gasteiger partial charge in [-0.25, -0.2) is 0 Å². The molecule has 6 heteroatoms. The molecule has 21 heavy (non-hydrogen) atoms. The molecule has 3 rings (SSSR count). The van der Waals surface area contributed by atoms with Crippen molar-refractivity contribution in [2.75, 3.05) is 13.2 Å². The molecule has 0 saturated heterocycles. The second kappa shape index (κ2) is 5.73. The summed E-state index contributed by atoms with van der Waals surface area (Å²) in [5, 5.41) is 4.01. The fourth-order valence-corrected chi connectivity index (χ4v) is 2.34. The maximum absolute atomic E-state index is 5.75. The number of benzene rings is 1. The summed E-state index contributed by atoms with van der Waals surface area (Å²) in [6.45, 7) is 5.78. The largest absolute Gasteiger partial charge is 0.490 e. The van der Waals surface area contributed by atoms with Gasteiger partial charge in [0.2, 0.25) is 11.7 Å². The highest BCUT2D eigenvalue weighted by Gasteiger charge is 2.20. The molecular formula is C15H19N3O3. The van der Waals surface area contributed by atoms with Crippen LogP contribution in [0.3, 0.4) is 0 Å². The highest BCUT2D eigenvalue weighted by molar-refractivity contribution is 5.66. The van der Waals surface area contributed by atoms with Gasteiger partial charge in [0.1, 0.15) is 0 Å². The second-order valence-electron chi connectivity index (χ2n) is 5.31. The Kier molecular flexibility index (Phi) is 3.79. The minimum absolute atomic E-state index is 0.231. The van der Waals surface area contributed by atoms with Crippen molar-refractivity contribution >= 4 is 0 Å². The van der Waals surface area contributed by atoms with Gasteiger partial charge in [0.15, 0.2) is 11.5 Å². The van der Waals surface area contributed by atoms with Crippen molar-refractivity contribution in [2.45, 2.75) is 32.7 Å². The van der Waals surface area contributed by atoms with Crippen molar-refractivity contribution in [1.82, 2.24) is 10.1 Å². The molecular weight excluding hydrogens is 270 g/mol. The van der Waals surface area contributed by atoms with Gasteiger partial charge in [0.25, 0.3) is 0 Å². The monoisotopic (exact) mass is 289 g/mol. The lowest BCUT2D eigenvalue weighted by Gasteiger charge is -2.15. The highest BCUT2D eigenvalue weighted by atomic mass is 16.5. The maximum atomic E-state index is 5.75. The van der Waals surface area contributed by atoms with E-state index in [-0.39, 0.29) is 6.54 Å². The van der Waals surface area contributed by atoms with E-state index in [1.54, 1.807) is 0 Å². The van der Waals surface area contributed by atoms with Crippen LogP contribution in [0.5, 0.6) is 11.5 Å². The lowest BCUT2D eigenvalue weighted by atomic mass is 9.96.